The standard InChI is InChI=1S/C23H15Cl2F3N2OS/c1-10-3-4-12(7-11(10)2)15-9-17(23(26,27)28)30-22-18(15)19(29)21(32-22)20(31)14-6-5-13(24)8-16(14)25/h3-9H,29H2,1-2H3. The van der Waals surface area contributed by atoms with Crippen LogP contribution >= 0.6 is 34.5 Å². The van der Waals surface area contributed by atoms with Gasteiger partial charge in [-0.1, -0.05) is 41.4 Å². The van der Waals surface area contributed by atoms with E-state index >= 15 is 0 Å². The number of alkyl halides is 3. The number of carbonyl (C=O) groups is 1. The summed E-state index contributed by atoms with van der Waals surface area (Å²) in [6.45, 7) is 3.78. The minimum atomic E-state index is -4.66. The van der Waals surface area contributed by atoms with E-state index in [1.165, 1.54) is 18.2 Å². The number of aryl methyl sites for hydroxylation is 2. The lowest BCUT2D eigenvalue weighted by Gasteiger charge is -2.12. The number of nitrogens with two attached hydrogens (primary N) is 1. The first-order valence-electron chi connectivity index (χ1n) is 9.35. The number of hydrogen-bond acceptors (Lipinski definition) is 4. The van der Waals surface area contributed by atoms with Crippen LogP contribution < -0.4 is 5.73 Å². The van der Waals surface area contributed by atoms with Gasteiger partial charge in [-0.2, -0.15) is 13.2 Å². The van der Waals surface area contributed by atoms with E-state index in [2.05, 4.69) is 4.98 Å². The maximum absolute atomic E-state index is 13.6. The van der Waals surface area contributed by atoms with Crippen molar-refractivity contribution in [2.75, 3.05) is 5.73 Å². The normalized spacial score (nSPS) is 11.8. The summed E-state index contributed by atoms with van der Waals surface area (Å²) in [7, 11) is 0. The molecule has 0 radical (unpaired) electrons. The van der Waals surface area contributed by atoms with E-state index in [0.29, 0.717) is 16.0 Å². The molecule has 0 aliphatic carbocycles. The van der Waals surface area contributed by atoms with E-state index in [0.717, 1.165) is 28.5 Å². The second kappa shape index (κ2) is 8.06. The fourth-order valence-electron chi connectivity index (χ4n) is 3.37. The quantitative estimate of drug-likeness (QED) is 0.296. The molecule has 0 atom stereocenters. The lowest BCUT2D eigenvalue weighted by molar-refractivity contribution is -0.140. The van der Waals surface area contributed by atoms with Crippen molar-refractivity contribution < 1.29 is 18.0 Å². The molecule has 9 heteroatoms. The summed E-state index contributed by atoms with van der Waals surface area (Å²) in [5, 5.41) is 0.779. The van der Waals surface area contributed by atoms with Gasteiger partial charge in [0, 0.05) is 16.0 Å². The Hall–Kier alpha value is -2.61. The van der Waals surface area contributed by atoms with Crippen molar-refractivity contribution in [2.24, 2.45) is 0 Å². The fourth-order valence-corrected chi connectivity index (χ4v) is 4.94. The van der Waals surface area contributed by atoms with E-state index in [1.807, 2.05) is 19.9 Å². The minimum absolute atomic E-state index is 0.0268. The maximum Gasteiger partial charge on any atom is 0.433 e. The number of aromatic nitrogens is 1. The van der Waals surface area contributed by atoms with Gasteiger partial charge in [0.05, 0.1) is 10.7 Å². The first-order chi connectivity index (χ1) is 15.0. The highest BCUT2D eigenvalue weighted by Crippen LogP contribution is 2.43. The molecule has 2 N–H and O–H groups in total. The number of ketones is 1. The molecule has 0 aliphatic heterocycles. The molecule has 0 bridgehead atoms. The highest BCUT2D eigenvalue weighted by atomic mass is 35.5. The van der Waals surface area contributed by atoms with Gasteiger partial charge in [-0.05, 0) is 60.4 Å². The SMILES string of the molecule is Cc1ccc(-c2cc(C(F)(F)F)nc3sc(C(=O)c4ccc(Cl)cc4Cl)c(N)c23)cc1C. The number of nitrogen functional groups attached to an aromatic ring is 1. The van der Waals surface area contributed by atoms with Gasteiger partial charge in [-0.25, -0.2) is 4.98 Å². The Kier molecular flexibility index (Phi) is 5.69. The zero-order valence-electron chi connectivity index (χ0n) is 16.8. The van der Waals surface area contributed by atoms with Crippen molar-refractivity contribution in [1.82, 2.24) is 4.98 Å². The molecule has 0 saturated carbocycles. The predicted molar refractivity (Wildman–Crippen MR) is 124 cm³/mol. The Morgan fingerprint density at radius 2 is 1.75 bits per heavy atom. The Morgan fingerprint density at radius 3 is 2.38 bits per heavy atom. The highest BCUT2D eigenvalue weighted by molar-refractivity contribution is 7.21. The van der Waals surface area contributed by atoms with Crippen molar-refractivity contribution in [3.63, 3.8) is 0 Å². The second-order valence-corrected chi connectivity index (χ2v) is 9.17. The largest absolute Gasteiger partial charge is 0.433 e. The number of hydrogen-bond donors (Lipinski definition) is 1. The van der Waals surface area contributed by atoms with Crippen LogP contribution in [0.3, 0.4) is 0 Å². The molecule has 0 unspecified atom stereocenters. The van der Waals surface area contributed by atoms with Crippen LogP contribution in [0.4, 0.5) is 18.9 Å². The Balaban J connectivity index is 2.00. The third kappa shape index (κ3) is 3.96. The third-order valence-electron chi connectivity index (χ3n) is 5.19. The molecule has 0 aliphatic rings. The van der Waals surface area contributed by atoms with Crippen LogP contribution in [0, 0.1) is 13.8 Å². The van der Waals surface area contributed by atoms with E-state index in [4.69, 9.17) is 28.9 Å². The number of carbonyl (C=O) groups excluding carboxylic acids is 1. The molecule has 0 spiro atoms. The summed E-state index contributed by atoms with van der Waals surface area (Å²) in [4.78, 5) is 17.0. The zero-order valence-corrected chi connectivity index (χ0v) is 19.1. The van der Waals surface area contributed by atoms with E-state index < -0.39 is 17.7 Å². The highest BCUT2D eigenvalue weighted by Gasteiger charge is 2.35. The van der Waals surface area contributed by atoms with Crippen LogP contribution in [0.25, 0.3) is 21.3 Å². The number of pyridine rings is 1. The zero-order chi connectivity index (χ0) is 23.4. The number of benzene rings is 2. The number of rotatable bonds is 3. The number of nitrogens with zero attached hydrogens (tertiary/aromatic N) is 1. The predicted octanol–water partition coefficient (Wildman–Crippen LogP) is 7.72. The molecule has 4 aromatic rings. The molecule has 4 rings (SSSR count). The first kappa shape index (κ1) is 22.6. The summed E-state index contributed by atoms with van der Waals surface area (Å²) in [6, 6.07) is 10.7. The average molecular weight is 495 g/mol. The molecule has 3 nitrogen and oxygen atoms in total. The third-order valence-corrected chi connectivity index (χ3v) is 6.84. The van der Waals surface area contributed by atoms with Gasteiger partial charge in [-0.3, -0.25) is 4.79 Å². The van der Waals surface area contributed by atoms with Crippen molar-refractivity contribution in [3.05, 3.63) is 79.8 Å². The van der Waals surface area contributed by atoms with E-state index in [-0.39, 0.29) is 31.5 Å². The van der Waals surface area contributed by atoms with Gasteiger partial charge in [0.15, 0.2) is 0 Å². The van der Waals surface area contributed by atoms with Gasteiger partial charge >= 0.3 is 6.18 Å². The van der Waals surface area contributed by atoms with E-state index in [1.54, 1.807) is 12.1 Å². The van der Waals surface area contributed by atoms with Crippen molar-refractivity contribution >= 4 is 56.2 Å². The topological polar surface area (TPSA) is 56.0 Å². The van der Waals surface area contributed by atoms with Crippen LogP contribution in [0.2, 0.25) is 10.0 Å². The fraction of sp³-hybridized carbons (Fsp3) is 0.130. The molecule has 2 aromatic carbocycles. The summed E-state index contributed by atoms with van der Waals surface area (Å²) < 4.78 is 40.8. The smallest absolute Gasteiger partial charge is 0.397 e. The second-order valence-electron chi connectivity index (χ2n) is 7.33. The Morgan fingerprint density at radius 1 is 1.03 bits per heavy atom. The summed E-state index contributed by atoms with van der Waals surface area (Å²) in [5.74, 6) is -0.508. The van der Waals surface area contributed by atoms with Crippen molar-refractivity contribution in [1.29, 1.82) is 0 Å². The Labute approximate surface area is 195 Å². The van der Waals surface area contributed by atoms with Gasteiger partial charge < -0.3 is 5.73 Å². The molecule has 0 fully saturated rings. The Bertz CT molecular complexity index is 1400. The molecular weight excluding hydrogens is 480 g/mol. The van der Waals surface area contributed by atoms with Crippen LogP contribution in [-0.4, -0.2) is 10.8 Å². The van der Waals surface area contributed by atoms with Gasteiger partial charge in [0.2, 0.25) is 5.78 Å². The molecule has 32 heavy (non-hydrogen) atoms. The number of halogens is 5. The maximum atomic E-state index is 13.6. The molecule has 164 valence electrons. The molecule has 2 heterocycles. The summed E-state index contributed by atoms with van der Waals surface area (Å²) >= 11 is 12.9. The molecule has 2 aromatic heterocycles. The van der Waals surface area contributed by atoms with Gasteiger partial charge in [0.25, 0.3) is 0 Å². The number of thiophene rings is 1. The van der Waals surface area contributed by atoms with Crippen LogP contribution in [0.15, 0.2) is 42.5 Å². The summed E-state index contributed by atoms with van der Waals surface area (Å²) in [5.41, 5.74) is 8.22. The number of anilines is 1. The van der Waals surface area contributed by atoms with Crippen LogP contribution in [0.1, 0.15) is 32.1 Å². The first-order valence-corrected chi connectivity index (χ1v) is 10.9. The average Bonchev–Trinajstić information content (AvgIpc) is 3.05. The van der Waals surface area contributed by atoms with Crippen molar-refractivity contribution in [3.8, 4) is 11.1 Å². The van der Waals surface area contributed by atoms with E-state index in [9.17, 15) is 18.0 Å². The van der Waals surface area contributed by atoms with Crippen LogP contribution in [0.5, 0.6) is 0 Å². The van der Waals surface area contributed by atoms with Gasteiger partial charge in [-0.15, -0.1) is 11.3 Å². The van der Waals surface area contributed by atoms with Crippen LogP contribution in [-0.2, 0) is 6.18 Å². The number of fused-ring (bicyclic) bond motifs is 1. The minimum Gasteiger partial charge on any atom is -0.397 e. The van der Waals surface area contributed by atoms with Gasteiger partial charge in [0.1, 0.15) is 15.4 Å². The molecule has 0 amide bonds. The summed E-state index contributed by atoms with van der Waals surface area (Å²) in [6.07, 6.45) is -4.66. The lowest BCUT2D eigenvalue weighted by atomic mass is 9.97. The van der Waals surface area contributed by atoms with Crippen molar-refractivity contribution in [2.45, 2.75) is 20.0 Å². The molecule has 0 saturated heterocycles. The molecular formula is C23H15Cl2F3N2OS. The monoisotopic (exact) mass is 494 g/mol. The lowest BCUT2D eigenvalue weighted by Crippen LogP contribution is -2.08.